The first-order chi connectivity index (χ1) is 14.8. The van der Waals surface area contributed by atoms with Crippen molar-refractivity contribution < 1.29 is 0 Å². The average Bonchev–Trinajstić information content (AvgIpc) is 2.80. The summed E-state index contributed by atoms with van der Waals surface area (Å²) in [5.41, 5.74) is 4.87. The Labute approximate surface area is 203 Å². The summed E-state index contributed by atoms with van der Waals surface area (Å²) in [6.07, 6.45) is 6.46. The second-order valence-corrected chi connectivity index (χ2v) is 8.28. The molecule has 32 heavy (non-hydrogen) atoms. The molecule has 2 N–H and O–H groups in total. The average molecular weight is 474 g/mol. The van der Waals surface area contributed by atoms with Crippen molar-refractivity contribution in [1.29, 1.82) is 0 Å². The Morgan fingerprint density at radius 1 is 0.875 bits per heavy atom. The maximum atomic E-state index is 11.9. The van der Waals surface area contributed by atoms with Crippen molar-refractivity contribution >= 4 is 30.5 Å². The van der Waals surface area contributed by atoms with Gasteiger partial charge in [-0.05, 0) is 68.0 Å². The van der Waals surface area contributed by atoms with Crippen LogP contribution < -0.4 is 10.9 Å². The molecule has 1 saturated heterocycles. The fourth-order valence-corrected chi connectivity index (χ4v) is 4.32. The van der Waals surface area contributed by atoms with Gasteiger partial charge in [-0.15, -0.1) is 24.8 Å². The highest BCUT2D eigenvalue weighted by Gasteiger charge is 2.20. The lowest BCUT2D eigenvalue weighted by atomic mass is 9.90. The maximum Gasteiger partial charge on any atom is 0.252 e. The quantitative estimate of drug-likeness (QED) is 0.442. The summed E-state index contributed by atoms with van der Waals surface area (Å²) in [7, 11) is 0. The zero-order valence-electron chi connectivity index (χ0n) is 18.3. The first kappa shape index (κ1) is 26.0. The number of para-hydroxylation sites is 1. The van der Waals surface area contributed by atoms with E-state index >= 15 is 0 Å². The predicted molar refractivity (Wildman–Crippen MR) is 138 cm³/mol. The molecule has 0 amide bonds. The molecule has 6 heteroatoms. The molecule has 0 atom stereocenters. The topological polar surface area (TPSA) is 48.1 Å². The third kappa shape index (κ3) is 7.40. The van der Waals surface area contributed by atoms with Crippen LogP contribution in [-0.2, 0) is 19.5 Å². The van der Waals surface area contributed by atoms with Crippen LogP contribution in [0.2, 0.25) is 0 Å². The number of nitrogens with one attached hydrogen (secondary N) is 2. The van der Waals surface area contributed by atoms with E-state index in [2.05, 4.69) is 69.8 Å². The van der Waals surface area contributed by atoms with Gasteiger partial charge in [0, 0.05) is 30.5 Å². The molecular formula is C26H33Cl2N3O. The Balaban J connectivity index is 0.00000181. The van der Waals surface area contributed by atoms with E-state index in [1.165, 1.54) is 36.1 Å². The molecule has 3 aromatic rings. The van der Waals surface area contributed by atoms with Gasteiger partial charge in [0.25, 0.3) is 5.56 Å². The number of aryl methyl sites for hydroxylation is 1. The maximum absolute atomic E-state index is 11.9. The van der Waals surface area contributed by atoms with Crippen molar-refractivity contribution in [2.24, 2.45) is 5.92 Å². The van der Waals surface area contributed by atoms with Crippen LogP contribution in [0.1, 0.15) is 36.0 Å². The SMILES string of the molecule is Cl.Cl.O=c1[nH]cccc1CN1CCC(CCc2ccccc2NCc2ccccc2)CC1. The highest BCUT2D eigenvalue weighted by Crippen LogP contribution is 2.25. The number of hydrogen-bond donors (Lipinski definition) is 2. The summed E-state index contributed by atoms with van der Waals surface area (Å²) in [6, 6.07) is 23.1. The van der Waals surface area contributed by atoms with Crippen molar-refractivity contribution in [3.63, 3.8) is 0 Å². The standard InChI is InChI=1S/C26H31N3O.2ClH/c30-26-24(10-6-16-27-26)20-29-17-14-21(15-18-29)12-13-23-9-4-5-11-25(23)28-19-22-7-2-1-3-8-22;;/h1-11,16,21,28H,12-15,17-20H2,(H,27,30);2*1H. The van der Waals surface area contributed by atoms with E-state index in [9.17, 15) is 4.79 Å². The van der Waals surface area contributed by atoms with Crippen LogP contribution in [0.4, 0.5) is 5.69 Å². The minimum Gasteiger partial charge on any atom is -0.381 e. The molecule has 1 aromatic heterocycles. The van der Waals surface area contributed by atoms with Crippen molar-refractivity contribution in [2.75, 3.05) is 18.4 Å². The molecule has 0 spiro atoms. The lowest BCUT2D eigenvalue weighted by Crippen LogP contribution is -2.35. The van der Waals surface area contributed by atoms with Gasteiger partial charge < -0.3 is 10.3 Å². The highest BCUT2D eigenvalue weighted by atomic mass is 35.5. The highest BCUT2D eigenvalue weighted by molar-refractivity contribution is 5.85. The number of likely N-dealkylation sites (tertiary alicyclic amines) is 1. The Morgan fingerprint density at radius 2 is 1.56 bits per heavy atom. The first-order valence-electron chi connectivity index (χ1n) is 11.0. The molecule has 1 fully saturated rings. The number of H-pyrrole nitrogens is 1. The molecule has 0 bridgehead atoms. The number of halogens is 2. The number of nitrogens with zero attached hydrogens (tertiary/aromatic N) is 1. The van der Waals surface area contributed by atoms with E-state index in [-0.39, 0.29) is 30.4 Å². The predicted octanol–water partition coefficient (Wildman–Crippen LogP) is 5.68. The number of benzene rings is 2. The first-order valence-corrected chi connectivity index (χ1v) is 11.0. The van der Waals surface area contributed by atoms with Crippen LogP contribution in [-0.4, -0.2) is 23.0 Å². The summed E-state index contributed by atoms with van der Waals surface area (Å²) >= 11 is 0. The smallest absolute Gasteiger partial charge is 0.252 e. The third-order valence-electron chi connectivity index (χ3n) is 6.17. The van der Waals surface area contributed by atoms with E-state index in [0.29, 0.717) is 0 Å². The Hall–Kier alpha value is -2.27. The van der Waals surface area contributed by atoms with Crippen molar-refractivity contribution in [1.82, 2.24) is 9.88 Å². The Morgan fingerprint density at radius 3 is 2.31 bits per heavy atom. The van der Waals surface area contributed by atoms with E-state index in [1.807, 2.05) is 12.1 Å². The van der Waals surface area contributed by atoms with Crippen LogP contribution in [0, 0.1) is 5.92 Å². The Bertz CT molecular complexity index is 985. The second-order valence-electron chi connectivity index (χ2n) is 8.28. The van der Waals surface area contributed by atoms with Gasteiger partial charge in [-0.2, -0.15) is 0 Å². The van der Waals surface area contributed by atoms with Gasteiger partial charge in [0.1, 0.15) is 0 Å². The molecule has 0 aliphatic carbocycles. The van der Waals surface area contributed by atoms with Crippen LogP contribution in [0.15, 0.2) is 77.7 Å². The molecule has 1 aliphatic rings. The van der Waals surface area contributed by atoms with Gasteiger partial charge in [-0.1, -0.05) is 54.6 Å². The largest absolute Gasteiger partial charge is 0.381 e. The van der Waals surface area contributed by atoms with Gasteiger partial charge in [-0.3, -0.25) is 9.69 Å². The number of piperidine rings is 1. The molecule has 172 valence electrons. The van der Waals surface area contributed by atoms with E-state index in [4.69, 9.17) is 0 Å². The minimum atomic E-state index is 0. The van der Waals surface area contributed by atoms with Gasteiger partial charge in [0.05, 0.1) is 0 Å². The summed E-state index contributed by atoms with van der Waals surface area (Å²) < 4.78 is 0. The zero-order valence-corrected chi connectivity index (χ0v) is 20.0. The minimum absolute atomic E-state index is 0. The molecule has 2 aromatic carbocycles. The molecule has 0 saturated carbocycles. The lowest BCUT2D eigenvalue weighted by molar-refractivity contribution is 0.172. The van der Waals surface area contributed by atoms with Crippen LogP contribution in [0.5, 0.6) is 0 Å². The summed E-state index contributed by atoms with van der Waals surface area (Å²) in [5.74, 6) is 0.762. The summed E-state index contributed by atoms with van der Waals surface area (Å²) in [5, 5.41) is 3.62. The summed E-state index contributed by atoms with van der Waals surface area (Å²) in [6.45, 7) is 3.77. The third-order valence-corrected chi connectivity index (χ3v) is 6.17. The Kier molecular flexibility index (Phi) is 10.8. The van der Waals surface area contributed by atoms with Crippen molar-refractivity contribution in [3.8, 4) is 0 Å². The van der Waals surface area contributed by atoms with Crippen LogP contribution in [0.3, 0.4) is 0 Å². The second kappa shape index (κ2) is 13.3. The monoisotopic (exact) mass is 473 g/mol. The molecule has 4 rings (SSSR count). The van der Waals surface area contributed by atoms with E-state index in [1.54, 1.807) is 6.20 Å². The van der Waals surface area contributed by atoms with Gasteiger partial charge in [-0.25, -0.2) is 0 Å². The van der Waals surface area contributed by atoms with Gasteiger partial charge >= 0.3 is 0 Å². The fourth-order valence-electron chi connectivity index (χ4n) is 4.32. The van der Waals surface area contributed by atoms with Crippen LogP contribution >= 0.6 is 24.8 Å². The van der Waals surface area contributed by atoms with Gasteiger partial charge in [0.2, 0.25) is 0 Å². The molecule has 2 heterocycles. The van der Waals surface area contributed by atoms with E-state index in [0.717, 1.165) is 44.1 Å². The molecule has 0 unspecified atom stereocenters. The number of rotatable bonds is 8. The molecule has 0 radical (unpaired) electrons. The molecule has 4 nitrogen and oxygen atoms in total. The van der Waals surface area contributed by atoms with E-state index < -0.39 is 0 Å². The number of aromatic nitrogens is 1. The lowest BCUT2D eigenvalue weighted by Gasteiger charge is -2.32. The van der Waals surface area contributed by atoms with Crippen molar-refractivity contribution in [2.45, 2.75) is 38.8 Å². The number of hydrogen-bond acceptors (Lipinski definition) is 3. The molecular weight excluding hydrogens is 441 g/mol. The van der Waals surface area contributed by atoms with Gasteiger partial charge in [0.15, 0.2) is 0 Å². The number of anilines is 1. The molecule has 1 aliphatic heterocycles. The fraction of sp³-hybridized carbons (Fsp3) is 0.346. The number of aromatic amines is 1. The van der Waals surface area contributed by atoms with Crippen LogP contribution in [0.25, 0.3) is 0 Å². The zero-order chi connectivity index (χ0) is 20.6. The summed E-state index contributed by atoms with van der Waals surface area (Å²) in [4.78, 5) is 17.1. The van der Waals surface area contributed by atoms with Crippen molar-refractivity contribution in [3.05, 3.63) is 100.0 Å². The normalized spacial score (nSPS) is 14.2. The number of pyridine rings is 1.